The fourth-order valence-electron chi connectivity index (χ4n) is 8.93. The minimum atomic E-state index is 0.918. The van der Waals surface area contributed by atoms with Crippen molar-refractivity contribution in [3.63, 3.8) is 0 Å². The molecule has 0 bridgehead atoms. The van der Waals surface area contributed by atoms with Crippen LogP contribution in [0.15, 0.2) is 186 Å². The predicted octanol–water partition coefficient (Wildman–Crippen LogP) is 15.6. The Kier molecular flexibility index (Phi) is 6.28. The monoisotopic (exact) mass is 702 g/mol. The van der Waals surface area contributed by atoms with Crippen LogP contribution in [0.1, 0.15) is 0 Å². The molecule has 0 amide bonds. The predicted molar refractivity (Wildman–Crippen MR) is 233 cm³/mol. The topological polar surface area (TPSA) is 13.1 Å². The molecule has 0 N–H and O–H groups in total. The minimum Gasteiger partial charge on any atom is -0.455 e. The van der Waals surface area contributed by atoms with Gasteiger partial charge in [0.25, 0.3) is 0 Å². The normalized spacial score (nSPS) is 12.1. The van der Waals surface area contributed by atoms with Gasteiger partial charge in [-0.25, -0.2) is 0 Å². The number of hydrogen-bond acceptors (Lipinski definition) is 2. The molecule has 0 atom stereocenters. The molecule has 54 heavy (non-hydrogen) atoms. The van der Waals surface area contributed by atoms with Gasteiger partial charge < -0.3 is 4.42 Å². The number of benzene rings is 10. The molecule has 12 aromatic rings. The van der Waals surface area contributed by atoms with Gasteiger partial charge in [0.2, 0.25) is 0 Å². The summed E-state index contributed by atoms with van der Waals surface area (Å²) in [7, 11) is 0. The van der Waals surface area contributed by atoms with Crippen LogP contribution < -0.4 is 0 Å². The van der Waals surface area contributed by atoms with Gasteiger partial charge >= 0.3 is 0 Å². The number of thiophene rings is 1. The van der Waals surface area contributed by atoms with Crippen LogP contribution in [-0.2, 0) is 0 Å². The first kappa shape index (κ1) is 29.8. The van der Waals surface area contributed by atoms with Gasteiger partial charge in [-0.1, -0.05) is 152 Å². The van der Waals surface area contributed by atoms with Gasteiger partial charge in [-0.2, -0.15) is 0 Å². The fourth-order valence-corrected chi connectivity index (χ4v) is 10.2. The molecular weight excluding hydrogens is 673 g/mol. The number of fused-ring (bicyclic) bond motifs is 12. The Morgan fingerprint density at radius 1 is 0.296 bits per heavy atom. The molecule has 2 heterocycles. The molecule has 0 fully saturated rings. The Bertz CT molecular complexity index is 3450. The fraction of sp³-hybridized carbons (Fsp3) is 0. The van der Waals surface area contributed by atoms with E-state index in [1.54, 1.807) is 0 Å². The highest BCUT2D eigenvalue weighted by Gasteiger charge is 2.19. The molecule has 2 aromatic heterocycles. The van der Waals surface area contributed by atoms with E-state index in [0.717, 1.165) is 21.9 Å². The Morgan fingerprint density at radius 3 is 1.59 bits per heavy atom. The van der Waals surface area contributed by atoms with Crippen molar-refractivity contribution < 1.29 is 4.42 Å². The minimum absolute atomic E-state index is 0.918. The van der Waals surface area contributed by atoms with Crippen LogP contribution >= 0.6 is 11.3 Å². The Balaban J connectivity index is 1.03. The summed E-state index contributed by atoms with van der Waals surface area (Å²) in [5.74, 6) is 0. The summed E-state index contributed by atoms with van der Waals surface area (Å²) in [6.45, 7) is 0. The molecule has 0 aliphatic carbocycles. The van der Waals surface area contributed by atoms with Crippen molar-refractivity contribution in [1.29, 1.82) is 0 Å². The van der Waals surface area contributed by atoms with Crippen LogP contribution in [0, 0.1) is 0 Å². The van der Waals surface area contributed by atoms with Gasteiger partial charge in [0.05, 0.1) is 4.70 Å². The maximum atomic E-state index is 6.67. The Morgan fingerprint density at radius 2 is 0.833 bits per heavy atom. The molecule has 0 radical (unpaired) electrons. The summed E-state index contributed by atoms with van der Waals surface area (Å²) in [5, 5.41) is 15.0. The van der Waals surface area contributed by atoms with Crippen LogP contribution in [0.25, 0.3) is 119 Å². The summed E-state index contributed by atoms with van der Waals surface area (Å²) >= 11 is 1.84. The van der Waals surface area contributed by atoms with Crippen LogP contribution in [0.3, 0.4) is 0 Å². The molecule has 0 aliphatic rings. The number of hydrogen-bond donors (Lipinski definition) is 0. The van der Waals surface area contributed by atoms with Crippen LogP contribution in [-0.4, -0.2) is 0 Å². The highest BCUT2D eigenvalue weighted by atomic mass is 32.1. The lowest BCUT2D eigenvalue weighted by atomic mass is 9.85. The van der Waals surface area contributed by atoms with Gasteiger partial charge in [-0.05, 0) is 107 Å². The van der Waals surface area contributed by atoms with Gasteiger partial charge in [0.15, 0.2) is 5.58 Å². The first-order chi connectivity index (χ1) is 26.8. The molecule has 250 valence electrons. The quantitative estimate of drug-likeness (QED) is 0.167. The van der Waals surface area contributed by atoms with E-state index in [9.17, 15) is 0 Å². The average Bonchev–Trinajstić information content (AvgIpc) is 3.81. The lowest BCUT2D eigenvalue weighted by molar-refractivity contribution is 0.673. The van der Waals surface area contributed by atoms with Crippen molar-refractivity contribution in [3.05, 3.63) is 182 Å². The molecular formula is C52H30OS. The lowest BCUT2D eigenvalue weighted by Gasteiger charge is -2.18. The summed E-state index contributed by atoms with van der Waals surface area (Å²) < 4.78 is 9.20. The van der Waals surface area contributed by atoms with E-state index < -0.39 is 0 Å². The third-order valence-electron chi connectivity index (χ3n) is 11.4. The maximum absolute atomic E-state index is 6.67. The first-order valence-corrected chi connectivity index (χ1v) is 19.3. The Hall–Kier alpha value is -6.74. The van der Waals surface area contributed by atoms with Crippen molar-refractivity contribution in [2.24, 2.45) is 0 Å². The highest BCUT2D eigenvalue weighted by Crippen LogP contribution is 2.46. The molecule has 0 spiro atoms. The molecule has 0 unspecified atom stereocenters. The van der Waals surface area contributed by atoms with Gasteiger partial charge in [0, 0.05) is 26.2 Å². The largest absolute Gasteiger partial charge is 0.455 e. The maximum Gasteiger partial charge on any atom is 0.153 e. The van der Waals surface area contributed by atoms with Gasteiger partial charge in [0.1, 0.15) is 5.58 Å². The number of furan rings is 1. The SMILES string of the molecule is c1cc(-c2ccc3oc4c(ccc5c6ccc7ccccc7c6sc54)c3c2)cc(-c2c3ccccc3c(-c3ccc4ccccc4c3)c3ccccc23)c1. The van der Waals surface area contributed by atoms with Crippen LogP contribution in [0.2, 0.25) is 0 Å². The second-order valence-corrected chi connectivity index (χ2v) is 15.4. The van der Waals surface area contributed by atoms with Crippen molar-refractivity contribution in [2.75, 3.05) is 0 Å². The van der Waals surface area contributed by atoms with Gasteiger partial charge in [-0.15, -0.1) is 11.3 Å². The van der Waals surface area contributed by atoms with Crippen molar-refractivity contribution in [2.45, 2.75) is 0 Å². The Labute approximate surface area is 314 Å². The number of rotatable bonds is 3. The van der Waals surface area contributed by atoms with Crippen molar-refractivity contribution in [1.82, 2.24) is 0 Å². The molecule has 1 nitrogen and oxygen atoms in total. The smallest absolute Gasteiger partial charge is 0.153 e. The molecule has 10 aromatic carbocycles. The molecule has 12 rings (SSSR count). The van der Waals surface area contributed by atoms with Gasteiger partial charge in [-0.3, -0.25) is 0 Å². The second kappa shape index (κ2) is 11.4. The van der Waals surface area contributed by atoms with Crippen molar-refractivity contribution >= 4 is 96.5 Å². The molecule has 0 saturated heterocycles. The van der Waals surface area contributed by atoms with E-state index in [-0.39, 0.29) is 0 Å². The van der Waals surface area contributed by atoms with E-state index in [0.29, 0.717) is 0 Å². The molecule has 0 aliphatic heterocycles. The van der Waals surface area contributed by atoms with Crippen LogP contribution in [0.4, 0.5) is 0 Å². The van der Waals surface area contributed by atoms with E-state index in [1.165, 1.54) is 96.6 Å². The summed E-state index contributed by atoms with van der Waals surface area (Å²) in [4.78, 5) is 0. The van der Waals surface area contributed by atoms with E-state index in [2.05, 4.69) is 182 Å². The summed E-state index contributed by atoms with van der Waals surface area (Å²) in [5.41, 5.74) is 9.25. The van der Waals surface area contributed by atoms with E-state index in [4.69, 9.17) is 4.42 Å². The third-order valence-corrected chi connectivity index (χ3v) is 12.7. The lowest BCUT2D eigenvalue weighted by Crippen LogP contribution is -1.91. The third kappa shape index (κ3) is 4.32. The zero-order chi connectivity index (χ0) is 35.3. The standard InChI is InChI=1S/C52H30OS/c1-2-12-33-28-37(21-20-31(33)10-1)49-41-18-7-5-16-39(41)48(40-17-6-8-19-42(40)49)36-14-9-13-34(29-36)35-23-27-47-46(30-35)43-25-26-45-44-24-22-32-11-3-4-15-38(32)51(44)54-52(45)50(43)53-47/h1-30H. The molecule has 2 heteroatoms. The summed E-state index contributed by atoms with van der Waals surface area (Å²) in [6, 6.07) is 66.7. The van der Waals surface area contributed by atoms with Crippen LogP contribution in [0.5, 0.6) is 0 Å². The summed E-state index contributed by atoms with van der Waals surface area (Å²) in [6.07, 6.45) is 0. The highest BCUT2D eigenvalue weighted by molar-refractivity contribution is 7.27. The molecule has 0 saturated carbocycles. The zero-order valence-corrected chi connectivity index (χ0v) is 30.0. The first-order valence-electron chi connectivity index (χ1n) is 18.5. The van der Waals surface area contributed by atoms with E-state index >= 15 is 0 Å². The average molecular weight is 703 g/mol. The zero-order valence-electron chi connectivity index (χ0n) is 29.1. The van der Waals surface area contributed by atoms with Crippen molar-refractivity contribution in [3.8, 4) is 33.4 Å². The van der Waals surface area contributed by atoms with E-state index in [1.807, 2.05) is 11.3 Å². The second-order valence-electron chi connectivity index (χ2n) is 14.4.